The van der Waals surface area contributed by atoms with Crippen molar-refractivity contribution in [2.45, 2.75) is 120 Å². The number of esters is 1. The maximum Gasteiger partial charge on any atom is 0.408 e. The fourth-order valence-corrected chi connectivity index (χ4v) is 13.6. The van der Waals surface area contributed by atoms with Gasteiger partial charge in [-0.1, -0.05) is 61.5 Å². The van der Waals surface area contributed by atoms with Gasteiger partial charge in [-0.2, -0.15) is 0 Å². The molecule has 102 heavy (non-hydrogen) atoms. The van der Waals surface area contributed by atoms with Crippen LogP contribution in [-0.4, -0.2) is 196 Å². The molecule has 1 fully saturated rings. The number of alkyl carbamates (subject to hydrolysis) is 2. The Kier molecular flexibility index (Phi) is 22.0. The van der Waals surface area contributed by atoms with Crippen LogP contribution in [0, 0.1) is 22.9 Å². The molecule has 11 N–H and O–H groups in total. The number of cyclic esters (lactones) is 1. The molecule has 0 saturated carbocycles. The number of nitro groups is 1. The molecule has 2 aromatic heterocycles. The number of nitrogens with zero attached hydrogens (tertiary/aromatic N) is 4. The van der Waals surface area contributed by atoms with Gasteiger partial charge in [-0.15, -0.1) is 0 Å². The zero-order valence-corrected chi connectivity index (χ0v) is 55.3. The first-order chi connectivity index (χ1) is 48.8. The third kappa shape index (κ3) is 15.1. The summed E-state index contributed by atoms with van der Waals surface area (Å²) in [6.07, 6.45) is -14.9. The number of benzene rings is 4. The molecule has 0 bridgehead atoms. The van der Waals surface area contributed by atoms with Crippen LogP contribution in [0.25, 0.3) is 33.4 Å². The minimum absolute atomic E-state index is 0.00902. The van der Waals surface area contributed by atoms with Crippen LogP contribution < -0.4 is 37.3 Å². The first-order valence-corrected chi connectivity index (χ1v) is 32.7. The summed E-state index contributed by atoms with van der Waals surface area (Å²) < 4.78 is 55.8. The highest BCUT2D eigenvalue weighted by Gasteiger charge is 2.50. The number of ketones is 1. The second-order valence-corrected chi connectivity index (χ2v) is 25.3. The lowest BCUT2D eigenvalue weighted by molar-refractivity contribution is -0.387. The van der Waals surface area contributed by atoms with Gasteiger partial charge in [0.1, 0.15) is 50.1 Å². The number of halogens is 1. The molecule has 1 saturated heterocycles. The lowest BCUT2D eigenvalue weighted by Gasteiger charge is -2.38. The summed E-state index contributed by atoms with van der Waals surface area (Å²) in [5.41, 5.74) is 8.02. The Morgan fingerprint density at radius 3 is 2.30 bits per heavy atom. The SMILES string of the molecule is CC[C@@]1(O)C(=O)OCc2c1cc1n(c2=O)Cc2c-1nc1cc(F)c(C)c3c1c2[C@@H](NC(=O)O[C@H](CNC(=O)CC[C@H](NC(=O)COCCOCCNC(=O)OCC1c2ccccc2-c2ccccc21)C(=O)CN(C)CC(N)=O)c1ccc(O[C@@H]2OC(C(=O)O)[C@@H](O)[C@H](O)C2O)c([N+](=O)[O-])c1)CC3. The summed E-state index contributed by atoms with van der Waals surface area (Å²) in [7, 11) is 1.42. The Morgan fingerprint density at radius 1 is 0.892 bits per heavy atom. The van der Waals surface area contributed by atoms with Crippen LogP contribution in [-0.2, 0) is 82.4 Å². The third-order valence-electron chi connectivity index (χ3n) is 18.7. The number of nitrogens with two attached hydrogens (primary N) is 1. The van der Waals surface area contributed by atoms with Gasteiger partial charge >= 0.3 is 29.8 Å². The van der Waals surface area contributed by atoms with E-state index in [4.69, 9.17) is 43.9 Å². The van der Waals surface area contributed by atoms with Gasteiger partial charge in [-0.25, -0.2) is 28.6 Å². The lowest BCUT2D eigenvalue weighted by Crippen LogP contribution is -2.61. The molecule has 9 atom stereocenters. The van der Waals surface area contributed by atoms with Crippen LogP contribution in [0.2, 0.25) is 0 Å². The van der Waals surface area contributed by atoms with E-state index in [0.29, 0.717) is 27.6 Å². The quantitative estimate of drug-likeness (QED) is 0.0105. The molecule has 3 aliphatic heterocycles. The summed E-state index contributed by atoms with van der Waals surface area (Å²) in [4.78, 5) is 137. The van der Waals surface area contributed by atoms with Crippen molar-refractivity contribution in [2.24, 2.45) is 5.73 Å². The predicted molar refractivity (Wildman–Crippen MR) is 351 cm³/mol. The van der Waals surface area contributed by atoms with Gasteiger partial charge in [0.25, 0.3) is 5.56 Å². The number of ether oxygens (including phenoxy) is 7. The topological polar surface area (TPSA) is 458 Å². The van der Waals surface area contributed by atoms with Crippen molar-refractivity contribution in [3.8, 4) is 28.3 Å². The second-order valence-electron chi connectivity index (χ2n) is 25.3. The maximum atomic E-state index is 15.8. The van der Waals surface area contributed by atoms with E-state index < -0.39 is 163 Å². The van der Waals surface area contributed by atoms with E-state index in [1.54, 1.807) is 6.92 Å². The zero-order valence-electron chi connectivity index (χ0n) is 55.3. The molecule has 2 aliphatic carbocycles. The van der Waals surface area contributed by atoms with Crippen LogP contribution >= 0.6 is 0 Å². The highest BCUT2D eigenvalue weighted by Crippen LogP contribution is 2.48. The van der Waals surface area contributed by atoms with Crippen LogP contribution in [0.5, 0.6) is 5.75 Å². The molecule has 11 rings (SSSR count). The number of carbonyl (C=O) groups excluding carboxylic acids is 7. The molecule has 0 radical (unpaired) electrons. The summed E-state index contributed by atoms with van der Waals surface area (Å²) in [5, 5.41) is 76.5. The minimum atomic E-state index is -2.18. The van der Waals surface area contributed by atoms with Crippen molar-refractivity contribution >= 4 is 64.2 Å². The number of nitrogens with one attached hydrogen (secondary N) is 4. The van der Waals surface area contributed by atoms with E-state index in [9.17, 15) is 78.8 Å². The number of nitro benzene ring substituents is 1. The second kappa shape index (κ2) is 30.8. The summed E-state index contributed by atoms with van der Waals surface area (Å²) in [6, 6.07) is 19.1. The van der Waals surface area contributed by atoms with Gasteiger partial charge in [0.2, 0.25) is 24.0 Å². The first-order valence-electron chi connectivity index (χ1n) is 32.7. The number of likely N-dealkylation sites (N-methyl/N-ethyl adjacent to an activating group) is 1. The van der Waals surface area contributed by atoms with Crippen molar-refractivity contribution in [1.82, 2.24) is 35.7 Å². The highest BCUT2D eigenvalue weighted by molar-refractivity contribution is 5.94. The smallest absolute Gasteiger partial charge is 0.408 e. The van der Waals surface area contributed by atoms with Gasteiger partial charge in [0, 0.05) is 53.1 Å². The van der Waals surface area contributed by atoms with E-state index in [2.05, 4.69) is 21.3 Å². The van der Waals surface area contributed by atoms with E-state index in [0.717, 1.165) is 40.5 Å². The number of aryl methyl sites for hydroxylation is 1. The molecular weight excluding hydrogens is 1340 g/mol. The van der Waals surface area contributed by atoms with E-state index in [1.807, 2.05) is 48.5 Å². The van der Waals surface area contributed by atoms with Crippen molar-refractivity contribution in [2.75, 3.05) is 66.3 Å². The monoisotopic (exact) mass is 1420 g/mol. The molecule has 6 aromatic rings. The van der Waals surface area contributed by atoms with Crippen molar-refractivity contribution in [1.29, 1.82) is 0 Å². The zero-order chi connectivity index (χ0) is 73.0. The number of carboxylic acid groups (broad SMARTS) is 1. The standard InChI is InChI=1S/C69H74FN9O23/c1-4-69(93)43-24-49-58-40(27-78(49)63(87)42(43)31-98-66(69)90)57-46(15-14-35-33(2)44(70)25-47(75-58)56(35)57)76-68(92)101-52(34-13-17-51(48(23-34)79(94)95)100-65-61(86)59(84)60(85)62(102-65)64(88)89)26-73-54(82)18-16-45(50(80)28-77(3)29-53(71)81)74-55(83)32-97-22-21-96-20-19-72-67(91)99-30-41-38-11-7-5-9-36(38)37-10-6-8-12-39(37)41/h5-13,17,23-25,41,45-46,52,59-62,65,84-86,93H,4,14-16,18-22,26-32H2,1-3H3,(H2,71,81)(H,72,91)(H,73,82)(H,74,83)(H,76,92)(H,88,89)/t45-,46-,52+,59-,60-,61?,62?,65+,69-/m0/s1. The van der Waals surface area contributed by atoms with Crippen molar-refractivity contribution in [3.05, 3.63) is 155 Å². The maximum absolute atomic E-state index is 15.8. The fraction of sp³-hybridized carbons (Fsp3) is 0.420. The van der Waals surface area contributed by atoms with Gasteiger partial charge in [-0.05, 0) is 90.7 Å². The number of hydrogen-bond acceptors (Lipinski definition) is 24. The molecule has 4 aromatic carbocycles. The van der Waals surface area contributed by atoms with Crippen LogP contribution in [0.3, 0.4) is 0 Å². The summed E-state index contributed by atoms with van der Waals surface area (Å²) >= 11 is 0. The van der Waals surface area contributed by atoms with Crippen LogP contribution in [0.4, 0.5) is 19.7 Å². The minimum Gasteiger partial charge on any atom is -0.479 e. The number of aromatic nitrogens is 2. The molecule has 2 unspecified atom stereocenters. The molecular formula is C69H74FN9O23. The van der Waals surface area contributed by atoms with E-state index in [1.165, 1.54) is 35.6 Å². The number of primary amides is 1. The molecule has 32 nitrogen and oxygen atoms in total. The largest absolute Gasteiger partial charge is 0.479 e. The van der Waals surface area contributed by atoms with Crippen LogP contribution in [0.15, 0.2) is 83.7 Å². The normalized spacial score (nSPS) is 20.5. The Balaban J connectivity index is 0.769. The van der Waals surface area contributed by atoms with Crippen molar-refractivity contribution in [3.63, 3.8) is 0 Å². The summed E-state index contributed by atoms with van der Waals surface area (Å²) in [6.45, 7) is 0.712. The molecule has 5 amide bonds. The lowest BCUT2D eigenvalue weighted by atomic mass is 9.81. The highest BCUT2D eigenvalue weighted by atomic mass is 19.1. The average Bonchev–Trinajstić information content (AvgIpc) is 1.48. The molecule has 5 aliphatic rings. The number of amides is 5. The molecule has 5 heterocycles. The Hall–Kier alpha value is -10.4. The number of fused-ring (bicyclic) bond motifs is 8. The van der Waals surface area contributed by atoms with Crippen LogP contribution in [0.1, 0.15) is 101 Å². The first kappa shape index (κ1) is 72.8. The number of carboxylic acids is 1. The number of aliphatic carboxylic acids is 1. The fourth-order valence-electron chi connectivity index (χ4n) is 13.6. The van der Waals surface area contributed by atoms with E-state index in [-0.39, 0.29) is 111 Å². The van der Waals surface area contributed by atoms with Crippen molar-refractivity contribution < 1.29 is 106 Å². The number of hydrogen-bond donors (Lipinski definition) is 10. The number of aliphatic hydroxyl groups is 4. The Morgan fingerprint density at radius 2 is 1.61 bits per heavy atom. The number of pyridine rings is 2. The Bertz CT molecular complexity index is 4350. The molecule has 540 valence electrons. The number of Topliss-reactive ketones (excluding diaryl/α,β-unsaturated/α-hetero) is 1. The number of carbonyl (C=O) groups is 8. The van der Waals surface area contributed by atoms with E-state index >= 15 is 4.39 Å². The summed E-state index contributed by atoms with van der Waals surface area (Å²) in [5.74, 6) is -7.15. The van der Waals surface area contributed by atoms with Gasteiger partial charge in [-0.3, -0.25) is 39.0 Å². The Labute approximate surface area is 579 Å². The van der Waals surface area contributed by atoms with Gasteiger partial charge in [0.15, 0.2) is 23.2 Å². The predicted octanol–water partition coefficient (Wildman–Crippen LogP) is 2.10. The third-order valence-corrected chi connectivity index (χ3v) is 18.7. The van der Waals surface area contributed by atoms with Gasteiger partial charge in [0.05, 0.1) is 85.5 Å². The molecule has 33 heteroatoms. The number of aliphatic hydroxyl groups excluding tert-OH is 3. The average molecular weight is 1420 g/mol. The molecule has 0 spiro atoms. The van der Waals surface area contributed by atoms with Gasteiger partial charge < -0.3 is 90.3 Å². The number of rotatable bonds is 29.